The van der Waals surface area contributed by atoms with Crippen LogP contribution in [0, 0.1) is 0 Å². The molecular formula is C16H31IN4O3. The van der Waals surface area contributed by atoms with Crippen LogP contribution in [-0.4, -0.2) is 51.1 Å². The van der Waals surface area contributed by atoms with E-state index >= 15 is 0 Å². The van der Waals surface area contributed by atoms with Gasteiger partial charge in [0.1, 0.15) is 5.76 Å². The third kappa shape index (κ3) is 8.29. The van der Waals surface area contributed by atoms with Gasteiger partial charge in [-0.05, 0) is 13.3 Å². The maximum atomic E-state index is 5.43. The van der Waals surface area contributed by atoms with Gasteiger partial charge in [-0.15, -0.1) is 24.0 Å². The number of guanidine groups is 1. The zero-order valence-corrected chi connectivity index (χ0v) is 17.5. The number of nitrogens with one attached hydrogen (secondary N) is 2. The summed E-state index contributed by atoms with van der Waals surface area (Å²) < 4.78 is 15.7. The number of methoxy groups -OCH3 is 1. The summed E-state index contributed by atoms with van der Waals surface area (Å²) in [5, 5.41) is 10.6. The first-order valence-corrected chi connectivity index (χ1v) is 8.31. The zero-order valence-electron chi connectivity index (χ0n) is 15.2. The molecule has 0 radical (unpaired) electrons. The first-order valence-electron chi connectivity index (χ1n) is 8.31. The molecule has 0 atom stereocenters. The van der Waals surface area contributed by atoms with Gasteiger partial charge in [-0.25, -0.2) is 4.99 Å². The Morgan fingerprint density at radius 3 is 2.54 bits per heavy atom. The van der Waals surface area contributed by atoms with E-state index in [4.69, 9.17) is 14.0 Å². The monoisotopic (exact) mass is 454 g/mol. The van der Waals surface area contributed by atoms with Gasteiger partial charge in [0, 0.05) is 32.2 Å². The second-order valence-electron chi connectivity index (χ2n) is 4.97. The Morgan fingerprint density at radius 2 is 1.92 bits per heavy atom. The average Bonchev–Trinajstić information content (AvgIpc) is 2.97. The van der Waals surface area contributed by atoms with Gasteiger partial charge in [-0.3, -0.25) is 0 Å². The lowest BCUT2D eigenvalue weighted by Gasteiger charge is -2.11. The highest BCUT2D eigenvalue weighted by atomic mass is 127. The van der Waals surface area contributed by atoms with Crippen LogP contribution in [0.2, 0.25) is 0 Å². The van der Waals surface area contributed by atoms with Gasteiger partial charge in [-0.1, -0.05) is 19.0 Å². The molecule has 8 heteroatoms. The summed E-state index contributed by atoms with van der Waals surface area (Å²) in [7, 11) is 1.66. The number of aliphatic imine (C=N–C) groups is 1. The van der Waals surface area contributed by atoms with Crippen LogP contribution in [0.4, 0.5) is 0 Å². The number of aromatic nitrogens is 1. The minimum Gasteiger partial charge on any atom is -0.382 e. The molecule has 0 bridgehead atoms. The lowest BCUT2D eigenvalue weighted by molar-refractivity contribution is 0.0733. The highest BCUT2D eigenvalue weighted by Gasteiger charge is 2.12. The lowest BCUT2D eigenvalue weighted by atomic mass is 10.1. The number of nitrogens with zero attached hydrogens (tertiary/aromatic N) is 2. The molecule has 0 aliphatic heterocycles. The standard InChI is InChI=1S/C16H30N4O3.HI/c1-5-14-13(15(6-2)23-20-14)12-19-16(17-7-3)18-8-9-22-11-10-21-4;/h5-12H2,1-4H3,(H2,17,18,19);1H. The zero-order chi connectivity index (χ0) is 16.9. The molecule has 0 aromatic carbocycles. The molecule has 24 heavy (non-hydrogen) atoms. The lowest BCUT2D eigenvalue weighted by Crippen LogP contribution is -2.39. The highest BCUT2D eigenvalue weighted by Crippen LogP contribution is 2.16. The fourth-order valence-electron chi connectivity index (χ4n) is 2.10. The molecule has 2 N–H and O–H groups in total. The van der Waals surface area contributed by atoms with Gasteiger partial charge in [0.05, 0.1) is 32.1 Å². The second kappa shape index (κ2) is 14.5. The van der Waals surface area contributed by atoms with E-state index in [0.29, 0.717) is 32.9 Å². The van der Waals surface area contributed by atoms with Gasteiger partial charge in [0.15, 0.2) is 5.96 Å². The van der Waals surface area contributed by atoms with Crippen molar-refractivity contribution in [2.45, 2.75) is 40.2 Å². The summed E-state index contributed by atoms with van der Waals surface area (Å²) in [6, 6.07) is 0. The molecular weight excluding hydrogens is 423 g/mol. The summed E-state index contributed by atoms with van der Waals surface area (Å²) in [5.74, 6) is 1.69. The topological polar surface area (TPSA) is 80.9 Å². The van der Waals surface area contributed by atoms with Gasteiger partial charge in [-0.2, -0.15) is 0 Å². The molecule has 140 valence electrons. The minimum atomic E-state index is 0. The highest BCUT2D eigenvalue weighted by molar-refractivity contribution is 14.0. The SMILES string of the molecule is CCNC(=NCc1c(CC)noc1CC)NCCOCCOC.I. The molecule has 0 fully saturated rings. The van der Waals surface area contributed by atoms with Crippen molar-refractivity contribution in [1.82, 2.24) is 15.8 Å². The van der Waals surface area contributed by atoms with Crippen molar-refractivity contribution in [3.8, 4) is 0 Å². The van der Waals surface area contributed by atoms with Crippen LogP contribution >= 0.6 is 24.0 Å². The predicted octanol–water partition coefficient (Wildman–Crippen LogP) is 2.14. The van der Waals surface area contributed by atoms with E-state index in [-0.39, 0.29) is 24.0 Å². The molecule has 0 aliphatic carbocycles. The number of aryl methyl sites for hydroxylation is 2. The Kier molecular flexibility index (Phi) is 13.9. The molecule has 0 amide bonds. The molecule has 0 unspecified atom stereocenters. The maximum Gasteiger partial charge on any atom is 0.191 e. The summed E-state index contributed by atoms with van der Waals surface area (Å²) in [6.07, 6.45) is 1.68. The summed E-state index contributed by atoms with van der Waals surface area (Å²) >= 11 is 0. The van der Waals surface area contributed by atoms with Crippen LogP contribution in [0.5, 0.6) is 0 Å². The van der Waals surface area contributed by atoms with Gasteiger partial charge in [0.2, 0.25) is 0 Å². The summed E-state index contributed by atoms with van der Waals surface area (Å²) in [4.78, 5) is 4.62. The molecule has 7 nitrogen and oxygen atoms in total. The Balaban J connectivity index is 0.00000529. The third-order valence-corrected chi connectivity index (χ3v) is 3.32. The van der Waals surface area contributed by atoms with Crippen LogP contribution in [-0.2, 0) is 28.9 Å². The second-order valence-corrected chi connectivity index (χ2v) is 4.97. The van der Waals surface area contributed by atoms with Gasteiger partial charge < -0.3 is 24.6 Å². The number of hydrogen-bond acceptors (Lipinski definition) is 5. The normalized spacial score (nSPS) is 11.2. The van der Waals surface area contributed by atoms with Crippen molar-refractivity contribution in [3.63, 3.8) is 0 Å². The molecule has 1 aromatic heterocycles. The molecule has 0 saturated heterocycles. The molecule has 1 heterocycles. The Morgan fingerprint density at radius 1 is 1.12 bits per heavy atom. The fraction of sp³-hybridized carbons (Fsp3) is 0.750. The fourth-order valence-corrected chi connectivity index (χ4v) is 2.10. The van der Waals surface area contributed by atoms with Crippen molar-refractivity contribution in [3.05, 3.63) is 17.0 Å². The summed E-state index contributed by atoms with van der Waals surface area (Å²) in [5.41, 5.74) is 2.09. The van der Waals surface area contributed by atoms with Crippen LogP contribution in [0.15, 0.2) is 9.52 Å². The average molecular weight is 454 g/mol. The van der Waals surface area contributed by atoms with Crippen LogP contribution < -0.4 is 10.6 Å². The summed E-state index contributed by atoms with van der Waals surface area (Å²) in [6.45, 7) is 10.1. The number of hydrogen-bond donors (Lipinski definition) is 2. The van der Waals surface area contributed by atoms with E-state index in [9.17, 15) is 0 Å². The Labute approximate surface area is 162 Å². The van der Waals surface area contributed by atoms with Crippen molar-refractivity contribution in [2.75, 3.05) is 40.0 Å². The third-order valence-electron chi connectivity index (χ3n) is 3.32. The Bertz CT molecular complexity index is 445. The van der Waals surface area contributed by atoms with Gasteiger partial charge in [0.25, 0.3) is 0 Å². The van der Waals surface area contributed by atoms with Crippen molar-refractivity contribution in [2.24, 2.45) is 4.99 Å². The first-order chi connectivity index (χ1) is 11.3. The van der Waals surface area contributed by atoms with E-state index < -0.39 is 0 Å². The number of ether oxygens (including phenoxy) is 2. The van der Waals surface area contributed by atoms with Crippen LogP contribution in [0.3, 0.4) is 0 Å². The first kappa shape index (κ1) is 23.1. The van der Waals surface area contributed by atoms with E-state index in [1.165, 1.54) is 0 Å². The molecule has 1 aromatic rings. The van der Waals surface area contributed by atoms with Crippen molar-refractivity contribution in [1.29, 1.82) is 0 Å². The van der Waals surface area contributed by atoms with Crippen LogP contribution in [0.1, 0.15) is 37.8 Å². The smallest absolute Gasteiger partial charge is 0.191 e. The van der Waals surface area contributed by atoms with E-state index in [1.54, 1.807) is 7.11 Å². The largest absolute Gasteiger partial charge is 0.382 e. The molecule has 0 spiro atoms. The van der Waals surface area contributed by atoms with Crippen molar-refractivity contribution >= 4 is 29.9 Å². The molecule has 0 aliphatic rings. The quantitative estimate of drug-likeness (QED) is 0.231. The van der Waals surface area contributed by atoms with Crippen molar-refractivity contribution < 1.29 is 14.0 Å². The van der Waals surface area contributed by atoms with E-state index in [1.807, 2.05) is 6.92 Å². The molecule has 0 saturated carbocycles. The Hall–Kier alpha value is -0.870. The predicted molar refractivity (Wildman–Crippen MR) is 106 cm³/mol. The van der Waals surface area contributed by atoms with Gasteiger partial charge >= 0.3 is 0 Å². The number of halogens is 1. The minimum absolute atomic E-state index is 0. The molecule has 1 rings (SSSR count). The maximum absolute atomic E-state index is 5.43. The number of rotatable bonds is 11. The van der Waals surface area contributed by atoms with E-state index in [2.05, 4.69) is 34.6 Å². The van der Waals surface area contributed by atoms with Crippen LogP contribution in [0.25, 0.3) is 0 Å². The van der Waals surface area contributed by atoms with E-state index in [0.717, 1.165) is 42.4 Å².